The van der Waals surface area contributed by atoms with Crippen LogP contribution in [0, 0.1) is 0 Å². The number of nitrogens with zero attached hydrogens (tertiary/aromatic N) is 6. The molecule has 8 nitrogen and oxygen atoms in total. The van der Waals surface area contributed by atoms with E-state index in [1.165, 1.54) is 347 Å². The highest BCUT2D eigenvalue weighted by molar-refractivity contribution is 6.00. The van der Waals surface area contributed by atoms with Crippen molar-refractivity contribution < 1.29 is 17.9 Å². The van der Waals surface area contributed by atoms with Gasteiger partial charge in [0, 0.05) is 70.0 Å². The molecule has 0 radical (unpaired) electrons. The van der Waals surface area contributed by atoms with Crippen LogP contribution >= 0.6 is 0 Å². The first kappa shape index (κ1) is 89.3. The molecular weight excluding hydrogens is 1360 g/mol. The van der Waals surface area contributed by atoms with Crippen molar-refractivity contribution in [1.29, 1.82) is 0 Å². The number of hydrogen-bond donors (Lipinski definition) is 2. The van der Waals surface area contributed by atoms with Crippen LogP contribution in [0.4, 0.5) is 0 Å². The molecule has 610 valence electrons. The monoisotopic (exact) mass is 1520 g/mol. The molecule has 2 aliphatic heterocycles. The third-order valence-electron chi connectivity index (χ3n) is 25.9. The van der Waals surface area contributed by atoms with Gasteiger partial charge in [-0.2, -0.15) is 0 Å². The first-order valence-electron chi connectivity index (χ1n) is 46.8. The molecule has 112 heavy (non-hydrogen) atoms. The lowest BCUT2D eigenvalue weighted by Crippen LogP contribution is -2.50. The average molecular weight is 1520 g/mol. The van der Waals surface area contributed by atoms with Gasteiger partial charge in [0.05, 0.1) is 127 Å². The molecule has 7 aromatic rings. The Balaban J connectivity index is 1.20. The van der Waals surface area contributed by atoms with Crippen molar-refractivity contribution in [3.8, 4) is 44.5 Å². The topological polar surface area (TPSA) is 57.4 Å². The number of aryl methyl sites for hydroxylation is 4. The number of nitrogens with one attached hydrogen (secondary N) is 2. The highest BCUT2D eigenvalue weighted by Gasteiger charge is 2.30. The summed E-state index contributed by atoms with van der Waals surface area (Å²) in [5, 5.41) is 0. The van der Waals surface area contributed by atoms with Crippen LogP contribution in [0.1, 0.15) is 308 Å². The molecule has 5 heterocycles. The molecule has 9 rings (SSSR count). The van der Waals surface area contributed by atoms with Gasteiger partial charge >= 0.3 is 0 Å². The van der Waals surface area contributed by atoms with Gasteiger partial charge in [-0.25, -0.2) is 9.97 Å². The molecule has 0 saturated heterocycles. The van der Waals surface area contributed by atoms with E-state index in [9.17, 15) is 0 Å². The van der Waals surface area contributed by atoms with Gasteiger partial charge in [-0.15, -0.1) is 0 Å². The molecule has 8 heteroatoms. The van der Waals surface area contributed by atoms with E-state index in [-0.39, 0.29) is 0 Å². The van der Waals surface area contributed by atoms with Crippen molar-refractivity contribution in [2.24, 2.45) is 0 Å². The second kappa shape index (κ2) is 47.4. The molecule has 0 unspecified atom stereocenters. The summed E-state index contributed by atoms with van der Waals surface area (Å²) in [5.41, 5.74) is 22.8. The quantitative estimate of drug-likeness (QED) is 0.0373. The van der Waals surface area contributed by atoms with Crippen LogP contribution in [0.3, 0.4) is 0 Å². The Bertz CT molecular complexity index is 3460. The fourth-order valence-corrected chi connectivity index (χ4v) is 18.9. The average Bonchev–Trinajstić information content (AvgIpc) is 1.60. The summed E-state index contributed by atoms with van der Waals surface area (Å²) in [6.07, 6.45) is 49.3. The molecule has 0 saturated carbocycles. The predicted molar refractivity (Wildman–Crippen MR) is 492 cm³/mol. The lowest BCUT2D eigenvalue weighted by atomic mass is 10.00. The van der Waals surface area contributed by atoms with E-state index < -0.39 is 0 Å². The summed E-state index contributed by atoms with van der Waals surface area (Å²) >= 11 is 0. The fourth-order valence-electron chi connectivity index (χ4n) is 18.9. The lowest BCUT2D eigenvalue weighted by Gasteiger charge is -2.39. The zero-order valence-electron chi connectivity index (χ0n) is 73.5. The Morgan fingerprint density at radius 3 is 0.500 bits per heavy atom. The van der Waals surface area contributed by atoms with E-state index in [2.05, 4.69) is 239 Å². The number of quaternary nitrogens is 4. The summed E-state index contributed by atoms with van der Waals surface area (Å²) in [6, 6.07) is 47.8. The molecule has 2 N–H and O–H groups in total. The Hall–Kier alpha value is -6.68. The molecule has 0 spiro atoms. The van der Waals surface area contributed by atoms with Gasteiger partial charge in [-0.05, 0) is 196 Å². The molecule has 0 fully saturated rings. The number of fused-ring (bicyclic) bond motifs is 8. The first-order valence-corrected chi connectivity index (χ1v) is 46.8. The maximum absolute atomic E-state index is 5.87. The summed E-state index contributed by atoms with van der Waals surface area (Å²) in [4.78, 5) is 20.0. The van der Waals surface area contributed by atoms with Crippen molar-refractivity contribution in [3.05, 3.63) is 166 Å². The molecule has 8 bridgehead atoms. The Morgan fingerprint density at radius 2 is 0.348 bits per heavy atom. The van der Waals surface area contributed by atoms with Gasteiger partial charge in [0.25, 0.3) is 0 Å². The zero-order valence-corrected chi connectivity index (χ0v) is 73.5. The van der Waals surface area contributed by atoms with Crippen LogP contribution in [0.15, 0.2) is 121 Å². The zero-order chi connectivity index (χ0) is 79.3. The number of H-pyrrole nitrogens is 2. The Kier molecular flexibility index (Phi) is 37.8. The third kappa shape index (κ3) is 25.7. The normalized spacial score (nSPS) is 12.7. The van der Waals surface area contributed by atoms with Gasteiger partial charge in [-0.1, -0.05) is 257 Å². The van der Waals surface area contributed by atoms with Crippen LogP contribution in [-0.2, 0) is 25.7 Å². The minimum absolute atomic E-state index is 0.964. The maximum atomic E-state index is 5.87. The van der Waals surface area contributed by atoms with Gasteiger partial charge < -0.3 is 27.9 Å². The van der Waals surface area contributed by atoms with Crippen molar-refractivity contribution in [3.63, 3.8) is 0 Å². The van der Waals surface area contributed by atoms with Crippen LogP contribution in [0.5, 0.6) is 0 Å². The van der Waals surface area contributed by atoms with E-state index >= 15 is 0 Å². The minimum atomic E-state index is 0.964. The molecular formula is C104H158N8+4. The second-order valence-electron chi connectivity index (χ2n) is 34.9. The van der Waals surface area contributed by atoms with E-state index in [1.54, 1.807) is 0 Å². The van der Waals surface area contributed by atoms with Gasteiger partial charge in [0.15, 0.2) is 0 Å². The highest BCUT2D eigenvalue weighted by atomic mass is 15.4. The van der Waals surface area contributed by atoms with Crippen molar-refractivity contribution in [1.82, 2.24) is 19.9 Å². The first-order chi connectivity index (χ1) is 54.8. The second-order valence-corrected chi connectivity index (χ2v) is 34.9. The fraction of sp³-hybridized carbons (Fsp3) is 0.577. The number of unbranched alkanes of at least 4 members (excludes halogenated alkanes) is 12. The van der Waals surface area contributed by atoms with E-state index in [0.717, 1.165) is 92.8 Å². The summed E-state index contributed by atoms with van der Waals surface area (Å²) in [7, 11) is 0. The Labute approximate surface area is 684 Å². The summed E-state index contributed by atoms with van der Waals surface area (Å²) in [6.45, 7) is 49.2. The SMILES string of the molecule is CCCC[N+](CCCC)(CCCC)CCCc1ccc(-c2c3nc(c(-c4ccc(CCC[N+](CCCC)(CCCC)CCCC)cc4)c4ccc([nH]4)c(-c4ccc(CCC[N+](CCCC)(CCCC)CCCC)cc4)c4nc(c(-c5ccc(CCC[N+](CCCC)(CCCC)CCCC)cc5)c5ccc2[nH]5)C=C4)C=C3)cc1. The Morgan fingerprint density at radius 1 is 0.196 bits per heavy atom. The van der Waals surface area contributed by atoms with E-state index in [1.807, 2.05) is 0 Å². The van der Waals surface area contributed by atoms with Crippen molar-refractivity contribution >= 4 is 46.4 Å². The smallest absolute Gasteiger partial charge is 0.0789 e. The minimum Gasteiger partial charge on any atom is -0.354 e. The van der Waals surface area contributed by atoms with Crippen LogP contribution in [0.2, 0.25) is 0 Å². The largest absolute Gasteiger partial charge is 0.354 e. The predicted octanol–water partition coefficient (Wildman–Crippen LogP) is 27.9. The summed E-state index contributed by atoms with van der Waals surface area (Å²) in [5.74, 6) is 0. The highest BCUT2D eigenvalue weighted by Crippen LogP contribution is 2.40. The summed E-state index contributed by atoms with van der Waals surface area (Å²) < 4.78 is 5.13. The molecule has 0 atom stereocenters. The maximum Gasteiger partial charge on any atom is 0.0789 e. The lowest BCUT2D eigenvalue weighted by molar-refractivity contribution is -0.929. The van der Waals surface area contributed by atoms with Gasteiger partial charge in [0.1, 0.15) is 0 Å². The van der Waals surface area contributed by atoms with Gasteiger partial charge in [-0.3, -0.25) is 0 Å². The van der Waals surface area contributed by atoms with E-state index in [4.69, 9.17) is 9.97 Å². The van der Waals surface area contributed by atoms with E-state index in [0.29, 0.717) is 0 Å². The van der Waals surface area contributed by atoms with Crippen LogP contribution < -0.4 is 0 Å². The van der Waals surface area contributed by atoms with Crippen LogP contribution in [0.25, 0.3) is 90.9 Å². The van der Waals surface area contributed by atoms with Crippen molar-refractivity contribution in [2.45, 2.75) is 289 Å². The number of aromatic amines is 2. The number of rotatable bonds is 56. The number of aromatic nitrogens is 4. The number of hydrogen-bond acceptors (Lipinski definition) is 2. The van der Waals surface area contributed by atoms with Gasteiger partial charge in [0.2, 0.25) is 0 Å². The van der Waals surface area contributed by atoms with Crippen molar-refractivity contribution in [2.75, 3.05) is 105 Å². The third-order valence-corrected chi connectivity index (χ3v) is 25.9. The number of benzene rings is 4. The molecule has 4 aromatic carbocycles. The molecule has 3 aromatic heterocycles. The molecule has 2 aliphatic rings. The van der Waals surface area contributed by atoms with Crippen LogP contribution in [-0.4, -0.2) is 143 Å². The molecule has 0 amide bonds. The standard InChI is InChI=1S/C104H158N8/c1-13-25-69-109(70-26-14-2,71-27-15-3)81-37-41-85-45-53-89(54-46-85)101-93-61-63-95(105-93)102(90-55-47-86(48-56-90)42-38-82-110(72-28-16-4,73-29-17-5)74-30-18-6)97-65-67-99(107-97)104(92-59-51-88(52-60-92)44-40-84-112(78-34-22-10,79-35-23-11)80-36-24-12)100-68-66-98(108-100)103(96-64-62-94(101)106-96)91-57-49-87(50-58-91)43-39-83-111(75-31-19-7,76-32-20-8)77-33-21-9/h45-68,105,108H,13-44,69-84H2,1-12H3/q+4. The molecule has 0 aliphatic carbocycles.